The Morgan fingerprint density at radius 1 is 0.867 bits per heavy atom. The van der Waals surface area contributed by atoms with Crippen molar-refractivity contribution in [1.29, 1.82) is 0 Å². The Morgan fingerprint density at radius 3 is 2.16 bits per heavy atom. The van der Waals surface area contributed by atoms with Gasteiger partial charge in [0.25, 0.3) is 0 Å². The second kappa shape index (κ2) is 14.3. The van der Waals surface area contributed by atoms with Crippen molar-refractivity contribution in [2.45, 2.75) is 74.3 Å². The number of fused-ring (bicyclic) bond motifs is 1. The van der Waals surface area contributed by atoms with Crippen LogP contribution >= 0.6 is 0 Å². The zero-order valence-electron chi connectivity index (χ0n) is 26.8. The van der Waals surface area contributed by atoms with Crippen LogP contribution in [0.1, 0.15) is 63.0 Å². The molecule has 7 heteroatoms. The molecule has 1 fully saturated rings. The van der Waals surface area contributed by atoms with Crippen LogP contribution in [0.15, 0.2) is 108 Å². The van der Waals surface area contributed by atoms with Gasteiger partial charge in [0.2, 0.25) is 15.9 Å². The molecule has 4 aromatic rings. The van der Waals surface area contributed by atoms with Gasteiger partial charge in [0, 0.05) is 18.5 Å². The molecule has 1 unspecified atom stereocenters. The minimum atomic E-state index is -3.92. The summed E-state index contributed by atoms with van der Waals surface area (Å²) >= 11 is 0. The highest BCUT2D eigenvalue weighted by atomic mass is 32.2. The third-order valence-electron chi connectivity index (χ3n) is 9.90. The fourth-order valence-corrected chi connectivity index (χ4v) is 8.37. The lowest BCUT2D eigenvalue weighted by Crippen LogP contribution is -2.48. The highest BCUT2D eigenvalue weighted by Crippen LogP contribution is 2.39. The van der Waals surface area contributed by atoms with Crippen LogP contribution < -0.4 is 10.0 Å². The number of benzene rings is 4. The molecule has 0 spiro atoms. The summed E-state index contributed by atoms with van der Waals surface area (Å²) in [6.07, 6.45) is 7.79. The van der Waals surface area contributed by atoms with Crippen molar-refractivity contribution < 1.29 is 13.2 Å². The van der Waals surface area contributed by atoms with Crippen molar-refractivity contribution in [3.63, 3.8) is 0 Å². The Labute approximate surface area is 269 Å². The summed E-state index contributed by atoms with van der Waals surface area (Å²) in [5, 5.41) is 4.93. The first kappa shape index (κ1) is 32.9. The summed E-state index contributed by atoms with van der Waals surface area (Å²) in [6.45, 7) is 2.38. The predicted octanol–water partition coefficient (Wildman–Crippen LogP) is 7.05. The SMILES string of the molecule is CN(C)C1(CCc2ccccc2)CCC(CCNC(=O)CC(C)(NS(=O)(=O)c2ccc3ccccc3c2)c2ccccc2)CC1. The molecular formula is C38H47N3O3S. The number of sulfonamides is 1. The molecule has 1 atom stereocenters. The van der Waals surface area contributed by atoms with Gasteiger partial charge >= 0.3 is 0 Å². The number of carbonyl (C=O) groups is 1. The summed E-state index contributed by atoms with van der Waals surface area (Å²) in [5.74, 6) is 0.408. The van der Waals surface area contributed by atoms with E-state index < -0.39 is 15.6 Å². The summed E-state index contributed by atoms with van der Waals surface area (Å²) in [6, 6.07) is 32.9. The average molecular weight is 626 g/mol. The lowest BCUT2D eigenvalue weighted by Gasteiger charge is -2.45. The normalized spacial score (nSPS) is 20.1. The zero-order chi connectivity index (χ0) is 31.9. The van der Waals surface area contributed by atoms with Crippen LogP contribution in [-0.4, -0.2) is 45.4 Å². The molecule has 45 heavy (non-hydrogen) atoms. The molecule has 1 aliphatic rings. The Kier molecular flexibility index (Phi) is 10.4. The number of nitrogens with one attached hydrogen (secondary N) is 2. The molecule has 0 bridgehead atoms. The van der Waals surface area contributed by atoms with Gasteiger partial charge in [-0.05, 0) is 106 Å². The molecule has 0 aromatic heterocycles. The molecule has 5 rings (SSSR count). The van der Waals surface area contributed by atoms with E-state index in [0.717, 1.165) is 61.3 Å². The molecule has 1 saturated carbocycles. The standard InChI is InChI=1S/C38H47N3O3S/c1-37(34-16-8-5-9-17-34,40-45(43,44)35-19-18-32-14-10-11-15-33(32)28-35)29-36(42)39-27-23-31-21-25-38(26-22-31,41(2)3)24-20-30-12-6-4-7-13-30/h4-19,28,31,40H,20-27,29H2,1-3H3,(H,39,42). The fourth-order valence-electron chi connectivity index (χ4n) is 6.94. The molecule has 2 N–H and O–H groups in total. The second-order valence-electron chi connectivity index (χ2n) is 13.2. The third kappa shape index (κ3) is 8.20. The van der Waals surface area contributed by atoms with E-state index in [-0.39, 0.29) is 22.8 Å². The van der Waals surface area contributed by atoms with E-state index in [9.17, 15) is 13.2 Å². The molecule has 4 aromatic carbocycles. The van der Waals surface area contributed by atoms with Gasteiger partial charge < -0.3 is 10.2 Å². The summed E-state index contributed by atoms with van der Waals surface area (Å²) < 4.78 is 30.2. The lowest BCUT2D eigenvalue weighted by atomic mass is 9.72. The molecule has 238 valence electrons. The quantitative estimate of drug-likeness (QED) is 0.167. The minimum Gasteiger partial charge on any atom is -0.356 e. The number of rotatable bonds is 13. The average Bonchev–Trinajstić information content (AvgIpc) is 3.04. The third-order valence-corrected chi connectivity index (χ3v) is 11.5. The van der Waals surface area contributed by atoms with Crippen molar-refractivity contribution in [3.8, 4) is 0 Å². The van der Waals surface area contributed by atoms with Gasteiger partial charge in [0.1, 0.15) is 0 Å². The fraction of sp³-hybridized carbons (Fsp3) is 0.395. The van der Waals surface area contributed by atoms with E-state index in [4.69, 9.17) is 0 Å². The topological polar surface area (TPSA) is 78.5 Å². The summed E-state index contributed by atoms with van der Waals surface area (Å²) in [7, 11) is 0.508. The van der Waals surface area contributed by atoms with Gasteiger partial charge in [-0.15, -0.1) is 0 Å². The Morgan fingerprint density at radius 2 is 1.49 bits per heavy atom. The van der Waals surface area contributed by atoms with E-state index >= 15 is 0 Å². The summed E-state index contributed by atoms with van der Waals surface area (Å²) in [5.41, 5.74) is 1.23. The first-order chi connectivity index (χ1) is 21.6. The first-order valence-electron chi connectivity index (χ1n) is 16.2. The maximum atomic E-state index is 13.6. The minimum absolute atomic E-state index is 0.00226. The van der Waals surface area contributed by atoms with Crippen LogP contribution in [0.4, 0.5) is 0 Å². The van der Waals surface area contributed by atoms with Gasteiger partial charge in [0.05, 0.1) is 10.4 Å². The molecule has 0 heterocycles. The van der Waals surface area contributed by atoms with E-state index in [0.29, 0.717) is 12.5 Å². The number of hydrogen-bond acceptors (Lipinski definition) is 4. The lowest BCUT2D eigenvalue weighted by molar-refractivity contribution is -0.122. The van der Waals surface area contributed by atoms with Crippen LogP contribution in [0.3, 0.4) is 0 Å². The van der Waals surface area contributed by atoms with Crippen LogP contribution in [-0.2, 0) is 26.8 Å². The molecule has 1 aliphatic carbocycles. The van der Waals surface area contributed by atoms with Crippen molar-refractivity contribution in [2.24, 2.45) is 5.92 Å². The second-order valence-corrected chi connectivity index (χ2v) is 14.9. The van der Waals surface area contributed by atoms with Crippen molar-refractivity contribution in [1.82, 2.24) is 14.9 Å². The molecule has 1 amide bonds. The molecule has 0 radical (unpaired) electrons. The Hall–Kier alpha value is -3.52. The number of aryl methyl sites for hydroxylation is 1. The van der Waals surface area contributed by atoms with Crippen LogP contribution in [0.2, 0.25) is 0 Å². The van der Waals surface area contributed by atoms with Crippen molar-refractivity contribution in [3.05, 3.63) is 114 Å². The first-order valence-corrected chi connectivity index (χ1v) is 17.6. The van der Waals surface area contributed by atoms with E-state index in [1.807, 2.05) is 60.7 Å². The van der Waals surface area contributed by atoms with Gasteiger partial charge in [-0.25, -0.2) is 13.1 Å². The van der Waals surface area contributed by atoms with Gasteiger partial charge in [-0.1, -0.05) is 91.0 Å². The number of hydrogen-bond donors (Lipinski definition) is 2. The highest BCUT2D eigenvalue weighted by molar-refractivity contribution is 7.89. The largest absolute Gasteiger partial charge is 0.356 e. The smallest absolute Gasteiger partial charge is 0.241 e. The number of carbonyl (C=O) groups excluding carboxylic acids is 1. The number of amides is 1. The zero-order valence-corrected chi connectivity index (χ0v) is 27.7. The Balaban J connectivity index is 1.18. The van der Waals surface area contributed by atoms with E-state index in [1.54, 1.807) is 19.1 Å². The molecule has 6 nitrogen and oxygen atoms in total. The predicted molar refractivity (Wildman–Crippen MR) is 183 cm³/mol. The van der Waals surface area contributed by atoms with E-state index in [1.165, 1.54) is 5.56 Å². The van der Waals surface area contributed by atoms with E-state index in [2.05, 4.69) is 59.4 Å². The van der Waals surface area contributed by atoms with Gasteiger partial charge in [-0.2, -0.15) is 0 Å². The van der Waals surface area contributed by atoms with Crippen LogP contribution in [0.5, 0.6) is 0 Å². The molecule has 0 aliphatic heterocycles. The van der Waals surface area contributed by atoms with Gasteiger partial charge in [0.15, 0.2) is 0 Å². The van der Waals surface area contributed by atoms with Crippen LogP contribution in [0.25, 0.3) is 10.8 Å². The van der Waals surface area contributed by atoms with Crippen LogP contribution in [0, 0.1) is 5.92 Å². The van der Waals surface area contributed by atoms with Crippen molar-refractivity contribution in [2.75, 3.05) is 20.6 Å². The molecule has 0 saturated heterocycles. The highest BCUT2D eigenvalue weighted by Gasteiger charge is 2.37. The molecular weight excluding hydrogens is 579 g/mol. The van der Waals surface area contributed by atoms with Crippen molar-refractivity contribution >= 4 is 26.7 Å². The monoisotopic (exact) mass is 625 g/mol. The Bertz CT molecular complexity index is 1670. The van der Waals surface area contributed by atoms with Gasteiger partial charge in [-0.3, -0.25) is 4.79 Å². The number of nitrogens with zero attached hydrogens (tertiary/aromatic N) is 1. The maximum Gasteiger partial charge on any atom is 0.241 e. The maximum absolute atomic E-state index is 13.6. The summed E-state index contributed by atoms with van der Waals surface area (Å²) in [4.78, 5) is 15.9.